The highest BCUT2D eigenvalue weighted by molar-refractivity contribution is 8.00. The Morgan fingerprint density at radius 3 is 2.28 bits per heavy atom. The summed E-state index contributed by atoms with van der Waals surface area (Å²) in [6.07, 6.45) is 0. The molecule has 0 saturated heterocycles. The number of carboxylic acid groups (broad SMARTS) is 1. The highest BCUT2D eigenvalue weighted by Crippen LogP contribution is 2.25. The number of thioether (sulfide) groups is 1. The van der Waals surface area contributed by atoms with E-state index in [9.17, 15) is 18.0 Å². The van der Waals surface area contributed by atoms with Crippen molar-refractivity contribution in [1.29, 1.82) is 0 Å². The van der Waals surface area contributed by atoms with Crippen LogP contribution in [0.25, 0.3) is 0 Å². The molecule has 0 bridgehead atoms. The van der Waals surface area contributed by atoms with E-state index in [0.717, 1.165) is 10.5 Å². The maximum absolute atomic E-state index is 12.5. The Morgan fingerprint density at radius 2 is 1.66 bits per heavy atom. The maximum Gasteiger partial charge on any atom is 0.335 e. The number of anilines is 2. The molecule has 0 fully saturated rings. The topological polar surface area (TPSA) is 113 Å². The van der Waals surface area contributed by atoms with E-state index in [1.807, 2.05) is 6.92 Å². The van der Waals surface area contributed by atoms with Crippen LogP contribution in [0.1, 0.15) is 15.9 Å². The maximum atomic E-state index is 12.5. The molecule has 0 spiro atoms. The molecule has 0 unspecified atom stereocenters. The van der Waals surface area contributed by atoms with Crippen LogP contribution in [-0.4, -0.2) is 31.2 Å². The van der Waals surface area contributed by atoms with E-state index in [4.69, 9.17) is 16.7 Å². The molecule has 3 aromatic rings. The molecular formula is C22H19ClN2O5S2. The summed E-state index contributed by atoms with van der Waals surface area (Å²) in [7, 11) is -3.69. The Hall–Kier alpha value is -3.01. The predicted molar refractivity (Wildman–Crippen MR) is 126 cm³/mol. The smallest absolute Gasteiger partial charge is 0.335 e. The Bertz CT molecular complexity index is 1240. The largest absolute Gasteiger partial charge is 0.478 e. The van der Waals surface area contributed by atoms with Gasteiger partial charge in [-0.15, -0.1) is 11.8 Å². The van der Waals surface area contributed by atoms with Crippen LogP contribution in [0.5, 0.6) is 0 Å². The van der Waals surface area contributed by atoms with Gasteiger partial charge in [-0.2, -0.15) is 0 Å². The first-order valence-corrected chi connectivity index (χ1v) is 12.1. The van der Waals surface area contributed by atoms with Crippen molar-refractivity contribution in [3.8, 4) is 0 Å². The predicted octanol–water partition coefficient (Wildman–Crippen LogP) is 4.88. The minimum atomic E-state index is -3.69. The number of halogens is 1. The standard InChI is InChI=1S/C22H19ClN2O5S2/c1-14-2-9-18(10-3-14)32(29,30)25-16-5-7-17(8-6-16)31-13-21(26)24-20-12-15(22(27)28)4-11-19(20)23/h2-12,25H,13H2,1H3,(H,24,26)(H,27,28). The monoisotopic (exact) mass is 490 g/mol. The van der Waals surface area contributed by atoms with Crippen LogP contribution in [0.15, 0.2) is 76.5 Å². The molecule has 0 aliphatic heterocycles. The number of rotatable bonds is 8. The second-order valence-corrected chi connectivity index (χ2v) is 9.92. The van der Waals surface area contributed by atoms with Crippen LogP contribution >= 0.6 is 23.4 Å². The zero-order valence-corrected chi connectivity index (χ0v) is 19.2. The lowest BCUT2D eigenvalue weighted by atomic mass is 10.2. The molecule has 166 valence electrons. The number of amides is 1. The van der Waals surface area contributed by atoms with E-state index in [1.165, 1.54) is 30.0 Å². The lowest BCUT2D eigenvalue weighted by molar-refractivity contribution is -0.113. The SMILES string of the molecule is Cc1ccc(S(=O)(=O)Nc2ccc(SCC(=O)Nc3cc(C(=O)O)ccc3Cl)cc2)cc1. The second-order valence-electron chi connectivity index (χ2n) is 6.78. The molecule has 32 heavy (non-hydrogen) atoms. The second kappa shape index (κ2) is 10.1. The number of benzene rings is 3. The minimum Gasteiger partial charge on any atom is -0.478 e. The highest BCUT2D eigenvalue weighted by atomic mass is 35.5. The molecule has 3 aromatic carbocycles. The van der Waals surface area contributed by atoms with E-state index in [0.29, 0.717) is 5.69 Å². The molecule has 1 amide bonds. The Balaban J connectivity index is 1.58. The van der Waals surface area contributed by atoms with Gasteiger partial charge in [-0.05, 0) is 61.5 Å². The first kappa shape index (κ1) is 23.6. The van der Waals surface area contributed by atoms with Crippen LogP contribution in [0, 0.1) is 6.92 Å². The fourth-order valence-corrected chi connectivity index (χ4v) is 4.56. The number of nitrogens with one attached hydrogen (secondary N) is 2. The summed E-state index contributed by atoms with van der Waals surface area (Å²) in [5.74, 6) is -1.42. The number of hydrogen-bond acceptors (Lipinski definition) is 5. The molecule has 0 aliphatic carbocycles. The summed E-state index contributed by atoms with van der Waals surface area (Å²) < 4.78 is 27.4. The fourth-order valence-electron chi connectivity index (χ4n) is 2.64. The summed E-state index contributed by atoms with van der Waals surface area (Å²) in [4.78, 5) is 24.2. The van der Waals surface area contributed by atoms with Crippen molar-refractivity contribution in [3.63, 3.8) is 0 Å². The molecular weight excluding hydrogens is 472 g/mol. The number of carbonyl (C=O) groups is 2. The van der Waals surface area contributed by atoms with Gasteiger partial charge in [-0.1, -0.05) is 29.3 Å². The lowest BCUT2D eigenvalue weighted by Crippen LogP contribution is -2.15. The van der Waals surface area contributed by atoms with Gasteiger partial charge in [0.25, 0.3) is 10.0 Å². The third-order valence-corrected chi connectivity index (χ3v) is 7.03. The third kappa shape index (κ3) is 6.25. The number of aromatic carboxylic acids is 1. The van der Waals surface area contributed by atoms with Gasteiger partial charge < -0.3 is 10.4 Å². The number of aryl methyl sites for hydroxylation is 1. The first-order valence-electron chi connectivity index (χ1n) is 9.29. The third-order valence-electron chi connectivity index (χ3n) is 4.30. The Morgan fingerprint density at radius 1 is 1.00 bits per heavy atom. The number of carbonyl (C=O) groups excluding carboxylic acids is 1. The normalized spacial score (nSPS) is 11.1. The molecule has 0 atom stereocenters. The van der Waals surface area contributed by atoms with Crippen molar-refractivity contribution in [2.45, 2.75) is 16.7 Å². The number of hydrogen-bond donors (Lipinski definition) is 3. The van der Waals surface area contributed by atoms with Gasteiger partial charge in [0.15, 0.2) is 0 Å². The molecule has 0 heterocycles. The van der Waals surface area contributed by atoms with E-state index >= 15 is 0 Å². The summed E-state index contributed by atoms with van der Waals surface area (Å²) in [5.41, 5.74) is 1.60. The van der Waals surface area contributed by atoms with Crippen molar-refractivity contribution in [2.24, 2.45) is 0 Å². The fraction of sp³-hybridized carbons (Fsp3) is 0.0909. The zero-order chi connectivity index (χ0) is 23.3. The molecule has 10 heteroatoms. The highest BCUT2D eigenvalue weighted by Gasteiger charge is 2.14. The molecule has 0 saturated carbocycles. The van der Waals surface area contributed by atoms with Gasteiger partial charge >= 0.3 is 5.97 Å². The number of carboxylic acids is 1. The average molecular weight is 491 g/mol. The molecule has 7 nitrogen and oxygen atoms in total. The van der Waals surface area contributed by atoms with Crippen molar-refractivity contribution >= 4 is 56.6 Å². The van der Waals surface area contributed by atoms with E-state index in [1.54, 1.807) is 48.5 Å². The van der Waals surface area contributed by atoms with E-state index < -0.39 is 16.0 Å². The molecule has 3 N–H and O–H groups in total. The first-order chi connectivity index (χ1) is 15.1. The minimum absolute atomic E-state index is 0.0148. The Kier molecular flexibility index (Phi) is 7.44. The van der Waals surface area contributed by atoms with Gasteiger partial charge in [0.2, 0.25) is 5.91 Å². The molecule has 0 aromatic heterocycles. The van der Waals surface area contributed by atoms with E-state index in [-0.39, 0.29) is 32.8 Å². The summed E-state index contributed by atoms with van der Waals surface area (Å²) in [6.45, 7) is 1.88. The van der Waals surface area contributed by atoms with Crippen LogP contribution in [0.2, 0.25) is 5.02 Å². The van der Waals surface area contributed by atoms with Gasteiger partial charge in [0, 0.05) is 10.6 Å². The van der Waals surface area contributed by atoms with Crippen molar-refractivity contribution in [2.75, 3.05) is 15.8 Å². The lowest BCUT2D eigenvalue weighted by Gasteiger charge is -2.10. The van der Waals surface area contributed by atoms with Crippen molar-refractivity contribution < 1.29 is 23.1 Å². The van der Waals surface area contributed by atoms with Gasteiger partial charge in [-0.3, -0.25) is 9.52 Å². The van der Waals surface area contributed by atoms with Gasteiger partial charge in [0.05, 0.1) is 26.9 Å². The quantitative estimate of drug-likeness (QED) is 0.388. The molecule has 0 aliphatic rings. The van der Waals surface area contributed by atoms with Crippen LogP contribution in [0.3, 0.4) is 0 Å². The van der Waals surface area contributed by atoms with Crippen molar-refractivity contribution in [1.82, 2.24) is 0 Å². The summed E-state index contributed by atoms with van der Waals surface area (Å²) in [5, 5.41) is 11.9. The van der Waals surface area contributed by atoms with E-state index in [2.05, 4.69) is 10.0 Å². The summed E-state index contributed by atoms with van der Waals surface area (Å²) >= 11 is 7.25. The molecule has 3 rings (SSSR count). The van der Waals surface area contributed by atoms with Crippen LogP contribution < -0.4 is 10.0 Å². The van der Waals surface area contributed by atoms with Crippen LogP contribution in [0.4, 0.5) is 11.4 Å². The summed E-state index contributed by atoms with van der Waals surface area (Å²) in [6, 6.07) is 17.2. The Labute approximate surface area is 194 Å². The van der Waals surface area contributed by atoms with Crippen molar-refractivity contribution in [3.05, 3.63) is 82.9 Å². The average Bonchev–Trinajstić information content (AvgIpc) is 2.74. The van der Waals surface area contributed by atoms with Crippen LogP contribution in [-0.2, 0) is 14.8 Å². The zero-order valence-electron chi connectivity index (χ0n) is 16.8. The number of sulfonamides is 1. The molecule has 0 radical (unpaired) electrons. The van der Waals surface area contributed by atoms with Gasteiger partial charge in [0.1, 0.15) is 0 Å². The van der Waals surface area contributed by atoms with Gasteiger partial charge in [-0.25, -0.2) is 13.2 Å².